The van der Waals surface area contributed by atoms with E-state index in [-0.39, 0.29) is 25.9 Å². The second-order valence-electron chi connectivity index (χ2n) is 18.9. The molecule has 0 aliphatic carbocycles. The van der Waals surface area contributed by atoms with Crippen molar-refractivity contribution < 1.29 is 58.2 Å². The summed E-state index contributed by atoms with van der Waals surface area (Å²) in [4.78, 5) is 50.9. The van der Waals surface area contributed by atoms with Gasteiger partial charge in [-0.25, -0.2) is 4.79 Å². The zero-order chi connectivity index (χ0) is 50.4. The molecule has 0 aromatic heterocycles. The monoisotopic (exact) mass is 975 g/mol. The number of allylic oxidation sites excluding steroid dienone is 8. The van der Waals surface area contributed by atoms with Crippen LogP contribution in [-0.2, 0) is 42.9 Å². The summed E-state index contributed by atoms with van der Waals surface area (Å²) < 4.78 is 28.3. The number of aliphatic hydroxyl groups excluding tert-OH is 2. The third-order valence-corrected chi connectivity index (χ3v) is 12.3. The summed E-state index contributed by atoms with van der Waals surface area (Å²) in [7, 11) is 0. The smallest absolute Gasteiger partial charge is 0.335 e. The van der Waals surface area contributed by atoms with Crippen molar-refractivity contribution in [3.8, 4) is 0 Å². The second-order valence-corrected chi connectivity index (χ2v) is 18.9. The molecule has 12 nitrogen and oxygen atoms in total. The van der Waals surface area contributed by atoms with Crippen LogP contribution < -0.4 is 0 Å². The molecule has 1 heterocycles. The number of carboxylic acid groups (broad SMARTS) is 1. The number of unbranched alkanes of at least 4 members (excludes halogenated alkanes) is 24. The van der Waals surface area contributed by atoms with Crippen LogP contribution in [-0.4, -0.2) is 89.2 Å². The van der Waals surface area contributed by atoms with Gasteiger partial charge in [0.05, 0.1) is 6.61 Å². The predicted molar refractivity (Wildman–Crippen MR) is 276 cm³/mol. The molecule has 69 heavy (non-hydrogen) atoms. The molecule has 6 atom stereocenters. The lowest BCUT2D eigenvalue weighted by Gasteiger charge is -2.40. The van der Waals surface area contributed by atoms with Gasteiger partial charge in [-0.2, -0.15) is 0 Å². The molecule has 1 rings (SSSR count). The Hall–Kier alpha value is -3.32. The van der Waals surface area contributed by atoms with Crippen LogP contribution in [0, 0.1) is 0 Å². The molecule has 0 radical (unpaired) electrons. The number of carbonyl (C=O) groups excluding carboxylic acids is 3. The molecular weight excluding hydrogens is 877 g/mol. The maximum absolute atomic E-state index is 13.1. The summed E-state index contributed by atoms with van der Waals surface area (Å²) in [5, 5.41) is 31.4. The van der Waals surface area contributed by atoms with Crippen molar-refractivity contribution in [2.75, 3.05) is 13.2 Å². The number of carbonyl (C=O) groups is 4. The van der Waals surface area contributed by atoms with E-state index in [0.717, 1.165) is 122 Å². The lowest BCUT2D eigenvalue weighted by Crippen LogP contribution is -2.61. The first-order valence-electron chi connectivity index (χ1n) is 27.6. The van der Waals surface area contributed by atoms with Crippen molar-refractivity contribution in [3.05, 3.63) is 48.6 Å². The van der Waals surface area contributed by atoms with Gasteiger partial charge < -0.3 is 39.0 Å². The van der Waals surface area contributed by atoms with Crippen LogP contribution in [0.25, 0.3) is 0 Å². The molecule has 0 saturated carbocycles. The molecule has 3 N–H and O–H groups in total. The van der Waals surface area contributed by atoms with Gasteiger partial charge in [0, 0.05) is 19.3 Å². The molecule has 1 saturated heterocycles. The van der Waals surface area contributed by atoms with Gasteiger partial charge in [-0.1, -0.05) is 172 Å². The van der Waals surface area contributed by atoms with Gasteiger partial charge in [-0.3, -0.25) is 14.4 Å². The van der Waals surface area contributed by atoms with Crippen LogP contribution >= 0.6 is 0 Å². The average Bonchev–Trinajstić information content (AvgIpc) is 3.33. The fraction of sp³-hybridized carbons (Fsp3) is 0.789. The van der Waals surface area contributed by atoms with Gasteiger partial charge in [-0.15, -0.1) is 0 Å². The lowest BCUT2D eigenvalue weighted by atomic mass is 9.98. The maximum Gasteiger partial charge on any atom is 0.335 e. The molecule has 1 aliphatic heterocycles. The van der Waals surface area contributed by atoms with E-state index in [0.29, 0.717) is 19.3 Å². The van der Waals surface area contributed by atoms with Gasteiger partial charge in [0.25, 0.3) is 0 Å². The summed E-state index contributed by atoms with van der Waals surface area (Å²) in [5.41, 5.74) is 0. The predicted octanol–water partition coefficient (Wildman–Crippen LogP) is 13.4. The molecule has 0 aromatic carbocycles. The quantitative estimate of drug-likeness (QED) is 0.0228. The number of rotatable bonds is 46. The zero-order valence-corrected chi connectivity index (χ0v) is 43.6. The van der Waals surface area contributed by atoms with Crippen LogP contribution in [0.5, 0.6) is 0 Å². The van der Waals surface area contributed by atoms with Crippen LogP contribution in [0.1, 0.15) is 239 Å². The van der Waals surface area contributed by atoms with Crippen molar-refractivity contribution in [1.29, 1.82) is 0 Å². The minimum absolute atomic E-state index is 0.0487. The highest BCUT2D eigenvalue weighted by Crippen LogP contribution is 2.26. The third-order valence-electron chi connectivity index (χ3n) is 12.3. The van der Waals surface area contributed by atoms with E-state index in [1.54, 1.807) is 0 Å². The minimum Gasteiger partial charge on any atom is -0.479 e. The van der Waals surface area contributed by atoms with Crippen molar-refractivity contribution >= 4 is 23.9 Å². The first-order valence-corrected chi connectivity index (χ1v) is 27.6. The Morgan fingerprint density at radius 2 is 0.884 bits per heavy atom. The topological polar surface area (TPSA) is 175 Å². The molecule has 12 heteroatoms. The highest BCUT2D eigenvalue weighted by Gasteiger charge is 2.50. The summed E-state index contributed by atoms with van der Waals surface area (Å²) in [6.07, 6.45) is 40.9. The van der Waals surface area contributed by atoms with E-state index in [1.807, 2.05) is 0 Å². The first-order chi connectivity index (χ1) is 33.6. The van der Waals surface area contributed by atoms with Gasteiger partial charge in [0.15, 0.2) is 24.6 Å². The Morgan fingerprint density at radius 3 is 1.39 bits per heavy atom. The average molecular weight is 975 g/mol. The van der Waals surface area contributed by atoms with Gasteiger partial charge >= 0.3 is 23.9 Å². The zero-order valence-electron chi connectivity index (χ0n) is 43.6. The first kappa shape index (κ1) is 63.7. The van der Waals surface area contributed by atoms with Crippen molar-refractivity contribution in [2.45, 2.75) is 276 Å². The lowest BCUT2D eigenvalue weighted by molar-refractivity contribution is -0.301. The maximum atomic E-state index is 13.1. The molecule has 1 aliphatic rings. The SMILES string of the molecule is CCCC/C=C\CCCCCCCC(=O)OC(COC(=O)CCCCCCC/C=C\C/C=C\CCCCC)COC1OC(C(=O)O)C(O)C(O)C1OC(=O)CCCCCCC/C=C\CCCCCC. The Kier molecular flexibility index (Phi) is 42.3. The number of hydrogen-bond acceptors (Lipinski definition) is 11. The Labute approximate surface area is 418 Å². The number of carboxylic acids is 1. The van der Waals surface area contributed by atoms with Crippen LogP contribution in [0.3, 0.4) is 0 Å². The van der Waals surface area contributed by atoms with Gasteiger partial charge in [-0.05, 0) is 96.3 Å². The van der Waals surface area contributed by atoms with Crippen molar-refractivity contribution in [2.24, 2.45) is 0 Å². The van der Waals surface area contributed by atoms with E-state index in [2.05, 4.69) is 69.4 Å². The molecular formula is C57H98O12. The fourth-order valence-corrected chi connectivity index (χ4v) is 8.02. The van der Waals surface area contributed by atoms with E-state index in [9.17, 15) is 34.5 Å². The summed E-state index contributed by atoms with van der Waals surface area (Å²) in [6.45, 7) is 5.87. The number of esters is 3. The Bertz CT molecular complexity index is 1390. The van der Waals surface area contributed by atoms with Crippen LogP contribution in [0.2, 0.25) is 0 Å². The number of hydrogen-bond donors (Lipinski definition) is 3. The largest absolute Gasteiger partial charge is 0.479 e. The molecule has 6 unspecified atom stereocenters. The minimum atomic E-state index is -1.91. The molecule has 0 amide bonds. The molecule has 0 bridgehead atoms. The number of aliphatic hydroxyl groups is 2. The van der Waals surface area contributed by atoms with E-state index >= 15 is 0 Å². The van der Waals surface area contributed by atoms with Gasteiger partial charge in [0.2, 0.25) is 0 Å². The van der Waals surface area contributed by atoms with Crippen molar-refractivity contribution in [3.63, 3.8) is 0 Å². The second kappa shape index (κ2) is 45.8. The highest BCUT2D eigenvalue weighted by molar-refractivity contribution is 5.74. The van der Waals surface area contributed by atoms with E-state index in [4.69, 9.17) is 23.7 Å². The fourth-order valence-electron chi connectivity index (χ4n) is 8.02. The summed E-state index contributed by atoms with van der Waals surface area (Å²) in [5.74, 6) is -3.15. The molecule has 1 fully saturated rings. The van der Waals surface area contributed by atoms with E-state index < -0.39 is 67.3 Å². The van der Waals surface area contributed by atoms with Crippen LogP contribution in [0.15, 0.2) is 48.6 Å². The normalized spacial score (nSPS) is 19.0. The summed E-state index contributed by atoms with van der Waals surface area (Å²) >= 11 is 0. The third kappa shape index (κ3) is 36.3. The van der Waals surface area contributed by atoms with E-state index in [1.165, 1.54) is 57.8 Å². The number of aliphatic carboxylic acids is 1. The Balaban J connectivity index is 2.72. The molecule has 398 valence electrons. The Morgan fingerprint density at radius 1 is 0.478 bits per heavy atom. The summed E-state index contributed by atoms with van der Waals surface area (Å²) in [6, 6.07) is 0. The molecule has 0 aromatic rings. The highest BCUT2D eigenvalue weighted by atomic mass is 16.7. The van der Waals surface area contributed by atoms with Crippen LogP contribution in [0.4, 0.5) is 0 Å². The number of ether oxygens (including phenoxy) is 5. The standard InChI is InChI=1S/C57H98O12/c1-4-7-10-13-16-19-22-24-25-27-29-31-34-37-40-43-49(58)65-46-48(67-50(59)44-41-38-35-32-28-21-18-15-12-9-6-3)47-66-57-55(53(62)52(61)54(69-57)56(63)64)68-51(60)45-42-39-36-33-30-26-23-20-17-14-11-8-5-2/h15-16,18-20,23-25,48,52-55,57,61-62H,4-14,17,21-22,26-47H2,1-3H3,(H,63,64)/b18-15-,19-16-,23-20-,25-24-. The van der Waals surface area contributed by atoms with Gasteiger partial charge in [0.1, 0.15) is 18.8 Å². The molecule has 0 spiro atoms. The van der Waals surface area contributed by atoms with Crippen molar-refractivity contribution in [1.82, 2.24) is 0 Å².